The molecule has 0 radical (unpaired) electrons. The first-order valence-electron chi connectivity index (χ1n) is 8.24. The van der Waals surface area contributed by atoms with Gasteiger partial charge in [-0.2, -0.15) is 0 Å². The molecule has 0 aliphatic heterocycles. The van der Waals surface area contributed by atoms with Crippen LogP contribution in [0.3, 0.4) is 0 Å². The normalized spacial score (nSPS) is 10.5. The molecule has 0 aromatic heterocycles. The van der Waals surface area contributed by atoms with Crippen molar-refractivity contribution in [3.05, 3.63) is 77.9 Å². The fourth-order valence-corrected chi connectivity index (χ4v) is 2.68. The number of hydrogen-bond acceptors (Lipinski definition) is 3. The highest BCUT2D eigenvalue weighted by atomic mass is 16.2. The summed E-state index contributed by atoms with van der Waals surface area (Å²) in [6, 6.07) is 19.6. The van der Waals surface area contributed by atoms with Crippen molar-refractivity contribution in [2.45, 2.75) is 12.8 Å². The van der Waals surface area contributed by atoms with E-state index in [0.717, 1.165) is 10.8 Å². The maximum Gasteiger partial charge on any atom is 0.248 e. The van der Waals surface area contributed by atoms with E-state index < -0.39 is 5.91 Å². The Morgan fingerprint density at radius 1 is 0.769 bits per heavy atom. The first-order valence-corrected chi connectivity index (χ1v) is 8.24. The van der Waals surface area contributed by atoms with E-state index in [-0.39, 0.29) is 24.5 Å². The Kier molecular flexibility index (Phi) is 5.08. The van der Waals surface area contributed by atoms with Crippen LogP contribution in [0.2, 0.25) is 0 Å². The van der Waals surface area contributed by atoms with Crippen molar-refractivity contribution >= 4 is 34.1 Å². The first kappa shape index (κ1) is 17.4. The zero-order valence-electron chi connectivity index (χ0n) is 14.1. The van der Waals surface area contributed by atoms with Gasteiger partial charge < -0.3 is 11.1 Å². The molecule has 0 unspecified atom stereocenters. The number of ketones is 1. The minimum atomic E-state index is -0.524. The number of rotatable bonds is 6. The Bertz CT molecular complexity index is 978. The number of benzene rings is 3. The number of nitrogens with one attached hydrogen (secondary N) is 1. The van der Waals surface area contributed by atoms with Crippen LogP contribution in [0.5, 0.6) is 0 Å². The molecule has 3 N–H and O–H groups in total. The number of amides is 2. The number of hydrogen-bond donors (Lipinski definition) is 2. The number of carbonyl (C=O) groups is 3. The van der Waals surface area contributed by atoms with Crippen LogP contribution < -0.4 is 11.1 Å². The molecular formula is C21H18N2O3. The molecule has 0 aliphatic carbocycles. The van der Waals surface area contributed by atoms with Gasteiger partial charge in [-0.25, -0.2) is 0 Å². The lowest BCUT2D eigenvalue weighted by molar-refractivity contribution is -0.116. The number of fused-ring (bicyclic) bond motifs is 1. The van der Waals surface area contributed by atoms with E-state index in [2.05, 4.69) is 5.32 Å². The molecule has 3 aromatic carbocycles. The largest absolute Gasteiger partial charge is 0.366 e. The van der Waals surface area contributed by atoms with E-state index in [4.69, 9.17) is 5.73 Å². The molecule has 3 aromatic rings. The maximum absolute atomic E-state index is 12.3. The van der Waals surface area contributed by atoms with Crippen LogP contribution in [0.15, 0.2) is 66.7 Å². The Hall–Kier alpha value is -3.47. The van der Waals surface area contributed by atoms with Crippen LogP contribution >= 0.6 is 0 Å². The topological polar surface area (TPSA) is 89.3 Å². The lowest BCUT2D eigenvalue weighted by Gasteiger charge is -2.06. The molecule has 0 saturated heterocycles. The first-order chi connectivity index (χ1) is 12.5. The summed E-state index contributed by atoms with van der Waals surface area (Å²) < 4.78 is 0. The van der Waals surface area contributed by atoms with Gasteiger partial charge in [-0.15, -0.1) is 0 Å². The zero-order valence-corrected chi connectivity index (χ0v) is 14.1. The number of anilines is 1. The van der Waals surface area contributed by atoms with Gasteiger partial charge in [0.05, 0.1) is 0 Å². The van der Waals surface area contributed by atoms with E-state index in [1.807, 2.05) is 36.4 Å². The van der Waals surface area contributed by atoms with Crippen molar-refractivity contribution in [3.8, 4) is 0 Å². The summed E-state index contributed by atoms with van der Waals surface area (Å²) in [5.74, 6) is -0.857. The van der Waals surface area contributed by atoms with Crippen molar-refractivity contribution < 1.29 is 14.4 Å². The highest BCUT2D eigenvalue weighted by molar-refractivity contribution is 6.02. The second-order valence-electron chi connectivity index (χ2n) is 5.97. The SMILES string of the molecule is NC(=O)c1ccc(NC(=O)CCC(=O)c2ccc3ccccc3c2)cc1. The molecular weight excluding hydrogens is 328 g/mol. The van der Waals surface area contributed by atoms with Crippen molar-refractivity contribution in [3.63, 3.8) is 0 Å². The van der Waals surface area contributed by atoms with Crippen LogP contribution in [0.25, 0.3) is 10.8 Å². The second kappa shape index (κ2) is 7.61. The van der Waals surface area contributed by atoms with Gasteiger partial charge in [0.1, 0.15) is 0 Å². The van der Waals surface area contributed by atoms with Gasteiger partial charge in [-0.05, 0) is 41.1 Å². The van der Waals surface area contributed by atoms with Crippen molar-refractivity contribution in [1.82, 2.24) is 0 Å². The molecule has 0 bridgehead atoms. The molecule has 0 atom stereocenters. The Morgan fingerprint density at radius 3 is 2.12 bits per heavy atom. The average molecular weight is 346 g/mol. The minimum Gasteiger partial charge on any atom is -0.366 e. The molecule has 5 nitrogen and oxygen atoms in total. The third-order valence-electron chi connectivity index (χ3n) is 4.10. The molecule has 0 saturated carbocycles. The molecule has 130 valence electrons. The lowest BCUT2D eigenvalue weighted by atomic mass is 10.0. The van der Waals surface area contributed by atoms with E-state index in [1.54, 1.807) is 18.2 Å². The fourth-order valence-electron chi connectivity index (χ4n) is 2.68. The van der Waals surface area contributed by atoms with Crippen molar-refractivity contribution in [2.75, 3.05) is 5.32 Å². The molecule has 3 rings (SSSR count). The third-order valence-corrected chi connectivity index (χ3v) is 4.10. The molecule has 0 spiro atoms. The summed E-state index contributed by atoms with van der Waals surface area (Å²) in [6.45, 7) is 0. The summed E-state index contributed by atoms with van der Waals surface area (Å²) in [5.41, 5.74) is 6.70. The molecule has 0 heterocycles. The van der Waals surface area contributed by atoms with Gasteiger partial charge in [0.2, 0.25) is 11.8 Å². The van der Waals surface area contributed by atoms with E-state index >= 15 is 0 Å². The summed E-state index contributed by atoms with van der Waals surface area (Å²) >= 11 is 0. The van der Waals surface area contributed by atoms with E-state index in [0.29, 0.717) is 16.8 Å². The van der Waals surface area contributed by atoms with Gasteiger partial charge >= 0.3 is 0 Å². The third kappa shape index (κ3) is 4.13. The molecule has 0 fully saturated rings. The second-order valence-corrected chi connectivity index (χ2v) is 5.97. The molecule has 0 aliphatic rings. The van der Waals surface area contributed by atoms with Gasteiger partial charge in [-0.1, -0.05) is 36.4 Å². The highest BCUT2D eigenvalue weighted by Crippen LogP contribution is 2.17. The molecule has 5 heteroatoms. The number of nitrogens with two attached hydrogens (primary N) is 1. The summed E-state index contributed by atoms with van der Waals surface area (Å²) in [4.78, 5) is 35.4. The van der Waals surface area contributed by atoms with Crippen LogP contribution in [-0.4, -0.2) is 17.6 Å². The smallest absolute Gasteiger partial charge is 0.248 e. The monoisotopic (exact) mass is 346 g/mol. The number of carbonyl (C=O) groups excluding carboxylic acids is 3. The lowest BCUT2D eigenvalue weighted by Crippen LogP contribution is -2.14. The van der Waals surface area contributed by atoms with Crippen LogP contribution in [-0.2, 0) is 4.79 Å². The number of Topliss-reactive ketones (excluding diaryl/α,β-unsaturated/α-hetero) is 1. The highest BCUT2D eigenvalue weighted by Gasteiger charge is 2.10. The van der Waals surface area contributed by atoms with Crippen LogP contribution in [0.4, 0.5) is 5.69 Å². The van der Waals surface area contributed by atoms with Gasteiger partial charge in [0.25, 0.3) is 0 Å². The van der Waals surface area contributed by atoms with Gasteiger partial charge in [-0.3, -0.25) is 14.4 Å². The summed E-state index contributed by atoms with van der Waals surface area (Å²) in [6.07, 6.45) is 0.215. The standard InChI is InChI=1S/C21H18N2O3/c22-21(26)15-7-9-18(10-8-15)23-20(25)12-11-19(24)17-6-5-14-3-1-2-4-16(14)13-17/h1-10,13H,11-12H2,(H2,22,26)(H,23,25). The fraction of sp³-hybridized carbons (Fsp3) is 0.0952. The van der Waals surface area contributed by atoms with E-state index in [1.165, 1.54) is 12.1 Å². The maximum atomic E-state index is 12.3. The Labute approximate surface area is 150 Å². The van der Waals surface area contributed by atoms with Crippen LogP contribution in [0, 0.1) is 0 Å². The van der Waals surface area contributed by atoms with Crippen molar-refractivity contribution in [1.29, 1.82) is 0 Å². The molecule has 26 heavy (non-hydrogen) atoms. The minimum absolute atomic E-state index is 0.0741. The van der Waals surface area contributed by atoms with E-state index in [9.17, 15) is 14.4 Å². The molecule has 2 amide bonds. The Balaban J connectivity index is 1.57. The average Bonchev–Trinajstić information content (AvgIpc) is 2.66. The van der Waals surface area contributed by atoms with Crippen molar-refractivity contribution in [2.24, 2.45) is 5.73 Å². The number of primary amides is 1. The van der Waals surface area contributed by atoms with Gasteiger partial charge in [0.15, 0.2) is 5.78 Å². The predicted molar refractivity (Wildman–Crippen MR) is 101 cm³/mol. The summed E-state index contributed by atoms with van der Waals surface area (Å²) in [5, 5.41) is 4.77. The summed E-state index contributed by atoms with van der Waals surface area (Å²) in [7, 11) is 0. The Morgan fingerprint density at radius 2 is 1.42 bits per heavy atom. The van der Waals surface area contributed by atoms with Gasteiger partial charge in [0, 0.05) is 29.7 Å². The predicted octanol–water partition coefficient (Wildman–Crippen LogP) is 3.54. The zero-order chi connectivity index (χ0) is 18.5. The van der Waals surface area contributed by atoms with Crippen LogP contribution in [0.1, 0.15) is 33.6 Å². The quantitative estimate of drug-likeness (QED) is 0.669.